The summed E-state index contributed by atoms with van der Waals surface area (Å²) >= 11 is 1.49. The van der Waals surface area contributed by atoms with Gasteiger partial charge in [-0.25, -0.2) is 4.79 Å². The molecule has 0 aromatic carbocycles. The number of hydrogen-bond donors (Lipinski definition) is 2. The molecule has 0 radical (unpaired) electrons. The van der Waals surface area contributed by atoms with Crippen LogP contribution in [0.3, 0.4) is 0 Å². The molecular formula is C14H18N2O4S. The van der Waals surface area contributed by atoms with Gasteiger partial charge in [-0.15, -0.1) is 0 Å². The Balaban J connectivity index is 1.62. The van der Waals surface area contributed by atoms with E-state index in [1.54, 1.807) is 0 Å². The third kappa shape index (κ3) is 5.55. The number of esters is 1. The summed E-state index contributed by atoms with van der Waals surface area (Å²) in [6.45, 7) is -0.443. The van der Waals surface area contributed by atoms with Crippen LogP contribution in [-0.4, -0.2) is 30.6 Å². The second-order valence-corrected chi connectivity index (χ2v) is 5.75. The van der Waals surface area contributed by atoms with Crippen molar-refractivity contribution >= 4 is 29.2 Å². The van der Waals surface area contributed by atoms with Gasteiger partial charge in [-0.3, -0.25) is 14.9 Å². The van der Waals surface area contributed by atoms with Crippen LogP contribution in [-0.2, 0) is 20.7 Å². The van der Waals surface area contributed by atoms with Crippen LogP contribution >= 0.6 is 11.3 Å². The molecule has 1 aliphatic carbocycles. The molecule has 0 bridgehead atoms. The molecule has 0 spiro atoms. The zero-order valence-electron chi connectivity index (χ0n) is 11.6. The molecule has 21 heavy (non-hydrogen) atoms. The number of carbonyl (C=O) groups is 3. The maximum Gasteiger partial charge on any atom is 0.321 e. The van der Waals surface area contributed by atoms with Gasteiger partial charge < -0.3 is 10.1 Å². The highest BCUT2D eigenvalue weighted by Crippen LogP contribution is 2.17. The normalized spacial score (nSPS) is 14.7. The summed E-state index contributed by atoms with van der Waals surface area (Å²) in [6.07, 6.45) is 4.21. The molecule has 7 heteroatoms. The Morgan fingerprint density at radius 2 is 2.05 bits per heavy atom. The number of hydrogen-bond acceptors (Lipinski definition) is 5. The van der Waals surface area contributed by atoms with E-state index < -0.39 is 24.5 Å². The van der Waals surface area contributed by atoms with Crippen LogP contribution in [0.5, 0.6) is 0 Å². The van der Waals surface area contributed by atoms with Crippen LogP contribution in [0.4, 0.5) is 4.79 Å². The van der Waals surface area contributed by atoms with E-state index in [2.05, 4.69) is 10.6 Å². The second-order valence-electron chi connectivity index (χ2n) is 4.97. The third-order valence-electron chi connectivity index (χ3n) is 3.24. The largest absolute Gasteiger partial charge is 0.455 e. The van der Waals surface area contributed by atoms with Gasteiger partial charge in [0.1, 0.15) is 0 Å². The number of nitrogens with one attached hydrogen (secondary N) is 2. The summed E-state index contributed by atoms with van der Waals surface area (Å²) < 4.78 is 4.82. The molecule has 0 aliphatic heterocycles. The lowest BCUT2D eigenvalue weighted by atomic mass is 10.2. The minimum atomic E-state index is -0.621. The molecule has 3 amide bonds. The van der Waals surface area contributed by atoms with Crippen molar-refractivity contribution in [3.63, 3.8) is 0 Å². The maximum atomic E-state index is 11.5. The van der Waals surface area contributed by atoms with Crippen LogP contribution in [0.15, 0.2) is 16.8 Å². The van der Waals surface area contributed by atoms with Crippen molar-refractivity contribution in [1.29, 1.82) is 0 Å². The highest BCUT2D eigenvalue weighted by Gasteiger charge is 2.18. The SMILES string of the molecule is O=C(COC(=O)Cc1ccsc1)NC(=O)NC1CCCC1. The quantitative estimate of drug-likeness (QED) is 0.809. The molecule has 6 nitrogen and oxygen atoms in total. The van der Waals surface area contributed by atoms with Crippen molar-refractivity contribution in [2.75, 3.05) is 6.61 Å². The van der Waals surface area contributed by atoms with Gasteiger partial charge in [-0.05, 0) is 35.2 Å². The van der Waals surface area contributed by atoms with E-state index in [1.807, 2.05) is 16.8 Å². The Hall–Kier alpha value is -1.89. The Labute approximate surface area is 126 Å². The molecule has 1 saturated carbocycles. The molecule has 0 unspecified atom stereocenters. The molecule has 1 aromatic rings. The minimum absolute atomic E-state index is 0.130. The molecule has 0 atom stereocenters. The summed E-state index contributed by atoms with van der Waals surface area (Å²) in [5, 5.41) is 8.59. The summed E-state index contributed by atoms with van der Waals surface area (Å²) in [4.78, 5) is 34.5. The first-order valence-corrected chi connectivity index (χ1v) is 7.85. The lowest BCUT2D eigenvalue weighted by Crippen LogP contribution is -2.45. The van der Waals surface area contributed by atoms with Crippen LogP contribution in [0.2, 0.25) is 0 Å². The molecule has 1 aromatic heterocycles. The van der Waals surface area contributed by atoms with Gasteiger partial charge in [0, 0.05) is 6.04 Å². The zero-order chi connectivity index (χ0) is 15.1. The lowest BCUT2D eigenvalue weighted by Gasteiger charge is -2.12. The highest BCUT2D eigenvalue weighted by molar-refractivity contribution is 7.07. The Morgan fingerprint density at radius 3 is 2.71 bits per heavy atom. The first-order valence-electron chi connectivity index (χ1n) is 6.90. The predicted molar refractivity (Wildman–Crippen MR) is 77.9 cm³/mol. The monoisotopic (exact) mass is 310 g/mol. The van der Waals surface area contributed by atoms with Gasteiger partial charge in [0.25, 0.3) is 5.91 Å². The van der Waals surface area contributed by atoms with Crippen LogP contribution in [0, 0.1) is 0 Å². The van der Waals surface area contributed by atoms with Gasteiger partial charge in [-0.2, -0.15) is 11.3 Å². The average Bonchev–Trinajstić information content (AvgIpc) is 3.10. The fourth-order valence-corrected chi connectivity index (χ4v) is 2.88. The number of imide groups is 1. The van der Waals surface area contributed by atoms with Crippen LogP contribution < -0.4 is 10.6 Å². The van der Waals surface area contributed by atoms with Crippen molar-refractivity contribution in [2.24, 2.45) is 0 Å². The average molecular weight is 310 g/mol. The number of amides is 3. The van der Waals surface area contributed by atoms with E-state index in [-0.39, 0.29) is 12.5 Å². The van der Waals surface area contributed by atoms with Gasteiger partial charge in [0.05, 0.1) is 6.42 Å². The summed E-state index contributed by atoms with van der Waals surface area (Å²) in [6, 6.07) is 1.43. The zero-order valence-corrected chi connectivity index (χ0v) is 12.4. The number of ether oxygens (including phenoxy) is 1. The molecule has 1 heterocycles. The molecule has 2 rings (SSSR count). The topological polar surface area (TPSA) is 84.5 Å². The number of carbonyl (C=O) groups excluding carboxylic acids is 3. The predicted octanol–water partition coefficient (Wildman–Crippen LogP) is 1.60. The van der Waals surface area contributed by atoms with E-state index in [0.29, 0.717) is 0 Å². The lowest BCUT2D eigenvalue weighted by molar-refractivity contribution is -0.147. The summed E-state index contributed by atoms with van der Waals surface area (Å²) in [5.41, 5.74) is 0.851. The summed E-state index contributed by atoms with van der Waals surface area (Å²) in [7, 11) is 0. The fourth-order valence-electron chi connectivity index (χ4n) is 2.21. The molecule has 114 valence electrons. The standard InChI is InChI=1S/C14H18N2O4S/c17-12(16-14(19)15-11-3-1-2-4-11)8-20-13(18)7-10-5-6-21-9-10/h5-6,9,11H,1-4,7-8H2,(H2,15,16,17,19). The van der Waals surface area contributed by atoms with E-state index in [1.165, 1.54) is 11.3 Å². The first kappa shape index (κ1) is 15.5. The van der Waals surface area contributed by atoms with E-state index >= 15 is 0 Å². The van der Waals surface area contributed by atoms with Crippen molar-refractivity contribution in [3.05, 3.63) is 22.4 Å². The smallest absolute Gasteiger partial charge is 0.321 e. The number of rotatable bonds is 5. The van der Waals surface area contributed by atoms with E-state index in [4.69, 9.17) is 4.74 Å². The Morgan fingerprint density at radius 1 is 1.29 bits per heavy atom. The first-order chi connectivity index (χ1) is 10.1. The minimum Gasteiger partial charge on any atom is -0.455 e. The van der Waals surface area contributed by atoms with Crippen LogP contribution in [0.1, 0.15) is 31.2 Å². The fraction of sp³-hybridized carbons (Fsp3) is 0.500. The van der Waals surface area contributed by atoms with Crippen molar-refractivity contribution < 1.29 is 19.1 Å². The third-order valence-corrected chi connectivity index (χ3v) is 3.97. The maximum absolute atomic E-state index is 11.5. The van der Waals surface area contributed by atoms with Gasteiger partial charge in [-0.1, -0.05) is 12.8 Å². The second kappa shape index (κ2) is 7.78. The van der Waals surface area contributed by atoms with E-state index in [0.717, 1.165) is 31.2 Å². The molecule has 2 N–H and O–H groups in total. The van der Waals surface area contributed by atoms with E-state index in [9.17, 15) is 14.4 Å². The van der Waals surface area contributed by atoms with Crippen molar-refractivity contribution in [2.45, 2.75) is 38.1 Å². The Kier molecular flexibility index (Phi) is 5.74. The molecule has 1 aliphatic rings. The molecular weight excluding hydrogens is 292 g/mol. The highest BCUT2D eigenvalue weighted by atomic mass is 32.1. The van der Waals surface area contributed by atoms with Gasteiger partial charge >= 0.3 is 12.0 Å². The van der Waals surface area contributed by atoms with Gasteiger partial charge in [0.2, 0.25) is 0 Å². The van der Waals surface area contributed by atoms with Crippen molar-refractivity contribution in [3.8, 4) is 0 Å². The van der Waals surface area contributed by atoms with Gasteiger partial charge in [0.15, 0.2) is 6.61 Å². The van der Waals surface area contributed by atoms with Crippen molar-refractivity contribution in [1.82, 2.24) is 10.6 Å². The number of thiophene rings is 1. The Bertz CT molecular complexity index is 495. The molecule has 0 saturated heterocycles. The number of urea groups is 1. The molecule has 1 fully saturated rings. The summed E-state index contributed by atoms with van der Waals surface area (Å²) in [5.74, 6) is -1.11. The van der Waals surface area contributed by atoms with Crippen LogP contribution in [0.25, 0.3) is 0 Å².